The molecule has 0 saturated carbocycles. The van der Waals surface area contributed by atoms with Crippen molar-refractivity contribution >= 4 is 23.1 Å². The predicted molar refractivity (Wildman–Crippen MR) is 131 cm³/mol. The lowest BCUT2D eigenvalue weighted by molar-refractivity contribution is 0.0547. The highest BCUT2D eigenvalue weighted by Crippen LogP contribution is 2.51. The van der Waals surface area contributed by atoms with E-state index in [4.69, 9.17) is 9.47 Å². The van der Waals surface area contributed by atoms with Crippen LogP contribution in [0.4, 0.5) is 0 Å². The van der Waals surface area contributed by atoms with Crippen molar-refractivity contribution in [2.45, 2.75) is 64.6 Å². The Hall–Kier alpha value is -3.40. The van der Waals surface area contributed by atoms with E-state index in [2.05, 4.69) is 13.8 Å². The van der Waals surface area contributed by atoms with Crippen LogP contribution in [-0.2, 0) is 9.47 Å². The maximum absolute atomic E-state index is 14.0. The number of carbonyl (C=O) groups is 2. The number of rotatable bonds is 0. The van der Waals surface area contributed by atoms with Gasteiger partial charge in [0.2, 0.25) is 0 Å². The highest BCUT2D eigenvalue weighted by Gasteiger charge is 2.44. The van der Waals surface area contributed by atoms with Crippen LogP contribution in [0.15, 0.2) is 70.8 Å². The summed E-state index contributed by atoms with van der Waals surface area (Å²) in [5.41, 5.74) is 5.68. The van der Waals surface area contributed by atoms with E-state index < -0.39 is 5.60 Å². The van der Waals surface area contributed by atoms with E-state index in [-0.39, 0.29) is 23.6 Å². The standard InChI is InChI=1S/C30H28O4/c1-29(2)14-13-21-25(26(32)18-10-6-8-12-20(18)27(21)33-29)23-16-30(3,4)34-28-19-11-7-5-9-17(19)24(31)15-22(23)28/h5-12H,13-16H2,1-4H3. The molecular weight excluding hydrogens is 424 g/mol. The van der Waals surface area contributed by atoms with Crippen molar-refractivity contribution in [3.63, 3.8) is 0 Å². The van der Waals surface area contributed by atoms with E-state index in [1.54, 1.807) is 0 Å². The molecule has 0 radical (unpaired) electrons. The van der Waals surface area contributed by atoms with E-state index in [0.29, 0.717) is 23.1 Å². The molecule has 4 nitrogen and oxygen atoms in total. The van der Waals surface area contributed by atoms with E-state index >= 15 is 0 Å². The number of ketones is 2. The second kappa shape index (κ2) is 7.05. The predicted octanol–water partition coefficient (Wildman–Crippen LogP) is 6.68. The Morgan fingerprint density at radius 3 is 1.94 bits per heavy atom. The molecule has 0 aromatic heterocycles. The maximum atomic E-state index is 14.0. The minimum absolute atomic E-state index is 0.0171. The molecule has 2 aliphatic carbocycles. The first-order valence-corrected chi connectivity index (χ1v) is 12.0. The topological polar surface area (TPSA) is 52.6 Å². The Balaban J connectivity index is 1.67. The summed E-state index contributed by atoms with van der Waals surface area (Å²) in [6.45, 7) is 8.29. The summed E-state index contributed by atoms with van der Waals surface area (Å²) in [4.78, 5) is 27.2. The lowest BCUT2D eigenvalue weighted by Gasteiger charge is -2.42. The van der Waals surface area contributed by atoms with Crippen LogP contribution in [0.2, 0.25) is 0 Å². The summed E-state index contributed by atoms with van der Waals surface area (Å²) in [5.74, 6) is 1.63. The Labute approximate surface area is 200 Å². The van der Waals surface area contributed by atoms with Crippen LogP contribution in [0.5, 0.6) is 0 Å². The summed E-state index contributed by atoms with van der Waals surface area (Å²) in [5, 5.41) is 0. The van der Waals surface area contributed by atoms with Gasteiger partial charge in [-0.05, 0) is 46.1 Å². The van der Waals surface area contributed by atoms with Gasteiger partial charge in [0.15, 0.2) is 11.6 Å². The number of Topliss-reactive ketones (excluding diaryl/α,β-unsaturated/α-hetero) is 2. The number of hydrogen-bond acceptors (Lipinski definition) is 4. The quantitative estimate of drug-likeness (QED) is 0.419. The normalized spacial score (nSPS) is 24.5. The number of carbonyl (C=O) groups excluding carboxylic acids is 2. The fraction of sp³-hybridized carbons (Fsp3) is 0.333. The van der Waals surface area contributed by atoms with E-state index in [1.807, 2.05) is 62.4 Å². The van der Waals surface area contributed by atoms with Gasteiger partial charge in [-0.1, -0.05) is 48.5 Å². The first kappa shape index (κ1) is 21.2. The van der Waals surface area contributed by atoms with Gasteiger partial charge in [-0.3, -0.25) is 9.59 Å². The number of benzene rings is 2. The molecule has 2 heterocycles. The van der Waals surface area contributed by atoms with Crippen molar-refractivity contribution in [2.75, 3.05) is 0 Å². The Bertz CT molecular complexity index is 1380. The van der Waals surface area contributed by atoms with E-state index in [9.17, 15) is 9.59 Å². The zero-order valence-corrected chi connectivity index (χ0v) is 20.1. The second-order valence-corrected chi connectivity index (χ2v) is 10.9. The van der Waals surface area contributed by atoms with Gasteiger partial charge in [-0.2, -0.15) is 0 Å². The maximum Gasteiger partial charge on any atom is 0.194 e. The summed E-state index contributed by atoms with van der Waals surface area (Å²) >= 11 is 0. The Morgan fingerprint density at radius 1 is 0.676 bits per heavy atom. The van der Waals surface area contributed by atoms with Crippen molar-refractivity contribution in [3.05, 3.63) is 93.1 Å². The SMILES string of the molecule is CC1(C)CC(=C2C(=O)c3ccccc3C3=C2CCC(C)(C)O3)C2=C(O1)c1ccccc1C(=O)C2. The van der Waals surface area contributed by atoms with Gasteiger partial charge >= 0.3 is 0 Å². The molecule has 2 aliphatic heterocycles. The average Bonchev–Trinajstić information content (AvgIpc) is 2.80. The molecule has 6 rings (SSSR count). The number of hydrogen-bond donors (Lipinski definition) is 0. The molecule has 0 bridgehead atoms. The molecule has 0 unspecified atom stereocenters. The average molecular weight is 453 g/mol. The van der Waals surface area contributed by atoms with Crippen LogP contribution >= 0.6 is 0 Å². The van der Waals surface area contributed by atoms with E-state index in [0.717, 1.165) is 52.2 Å². The third kappa shape index (κ3) is 3.12. The Morgan fingerprint density at radius 2 is 1.24 bits per heavy atom. The Kier molecular flexibility index (Phi) is 4.39. The van der Waals surface area contributed by atoms with Gasteiger partial charge in [0.1, 0.15) is 22.7 Å². The number of allylic oxidation sites excluding steroid dienone is 3. The van der Waals surface area contributed by atoms with Crippen molar-refractivity contribution in [1.29, 1.82) is 0 Å². The molecule has 0 amide bonds. The van der Waals surface area contributed by atoms with Crippen LogP contribution in [0.3, 0.4) is 0 Å². The van der Waals surface area contributed by atoms with Gasteiger partial charge in [-0.15, -0.1) is 0 Å². The first-order chi connectivity index (χ1) is 16.2. The fourth-order valence-corrected chi connectivity index (χ4v) is 5.72. The second-order valence-electron chi connectivity index (χ2n) is 10.9. The third-order valence-corrected chi connectivity index (χ3v) is 7.31. The van der Waals surface area contributed by atoms with Crippen molar-refractivity contribution in [3.8, 4) is 0 Å². The molecule has 0 saturated heterocycles. The van der Waals surface area contributed by atoms with Crippen LogP contribution in [0, 0.1) is 0 Å². The molecule has 0 fully saturated rings. The van der Waals surface area contributed by atoms with Crippen molar-refractivity contribution in [1.82, 2.24) is 0 Å². The molecule has 34 heavy (non-hydrogen) atoms. The first-order valence-electron chi connectivity index (χ1n) is 12.0. The van der Waals surface area contributed by atoms with Gasteiger partial charge in [0, 0.05) is 51.8 Å². The highest BCUT2D eigenvalue weighted by atomic mass is 16.5. The zero-order chi connectivity index (χ0) is 23.8. The summed E-state index contributed by atoms with van der Waals surface area (Å²) < 4.78 is 13.0. The van der Waals surface area contributed by atoms with Crippen molar-refractivity contribution in [2.24, 2.45) is 0 Å². The molecular formula is C30H28O4. The van der Waals surface area contributed by atoms with Crippen molar-refractivity contribution < 1.29 is 19.1 Å². The molecule has 0 spiro atoms. The molecule has 4 aliphatic rings. The fourth-order valence-electron chi connectivity index (χ4n) is 5.72. The summed E-state index contributed by atoms with van der Waals surface area (Å²) in [7, 11) is 0. The molecule has 0 atom stereocenters. The minimum Gasteiger partial charge on any atom is -0.487 e. The molecule has 2 aromatic rings. The van der Waals surface area contributed by atoms with Crippen LogP contribution in [0.25, 0.3) is 11.5 Å². The smallest absolute Gasteiger partial charge is 0.194 e. The van der Waals surface area contributed by atoms with Crippen LogP contribution in [-0.4, -0.2) is 22.8 Å². The van der Waals surface area contributed by atoms with E-state index in [1.165, 1.54) is 0 Å². The summed E-state index contributed by atoms with van der Waals surface area (Å²) in [6, 6.07) is 15.3. The molecule has 172 valence electrons. The van der Waals surface area contributed by atoms with Gasteiger partial charge in [0.05, 0.1) is 0 Å². The largest absolute Gasteiger partial charge is 0.487 e. The van der Waals surface area contributed by atoms with Gasteiger partial charge in [-0.25, -0.2) is 0 Å². The van der Waals surface area contributed by atoms with Crippen LogP contribution < -0.4 is 0 Å². The molecule has 4 heteroatoms. The minimum atomic E-state index is -0.512. The molecule has 2 aromatic carbocycles. The monoisotopic (exact) mass is 452 g/mol. The van der Waals surface area contributed by atoms with Gasteiger partial charge < -0.3 is 9.47 Å². The third-order valence-electron chi connectivity index (χ3n) is 7.31. The molecule has 0 N–H and O–H groups in total. The summed E-state index contributed by atoms with van der Waals surface area (Å²) in [6.07, 6.45) is 2.39. The lowest BCUT2D eigenvalue weighted by atomic mass is 9.72. The van der Waals surface area contributed by atoms with Gasteiger partial charge in [0.25, 0.3) is 0 Å². The number of ether oxygens (including phenoxy) is 2. The zero-order valence-electron chi connectivity index (χ0n) is 20.1. The highest BCUT2D eigenvalue weighted by molar-refractivity contribution is 6.19. The lowest BCUT2D eigenvalue weighted by Crippen LogP contribution is -2.35. The van der Waals surface area contributed by atoms with Crippen LogP contribution in [0.1, 0.15) is 85.2 Å². The number of fused-ring (bicyclic) bond motifs is 4.